The van der Waals surface area contributed by atoms with Crippen molar-refractivity contribution >= 4 is 5.97 Å². The van der Waals surface area contributed by atoms with Crippen LogP contribution in [0.25, 0.3) is 0 Å². The number of allylic oxidation sites excluding steroid dienone is 1. The summed E-state index contributed by atoms with van der Waals surface area (Å²) in [5.41, 5.74) is 0.346. The molecular weight excluding hydrogens is 276 g/mol. The van der Waals surface area contributed by atoms with Crippen molar-refractivity contribution in [2.45, 2.75) is 66.9 Å². The van der Waals surface area contributed by atoms with Gasteiger partial charge in [-0.25, -0.2) is 0 Å². The number of aliphatic hydroxyl groups is 1. The van der Waals surface area contributed by atoms with E-state index in [-0.39, 0.29) is 24.1 Å². The number of hydrogen-bond acceptors (Lipinski definition) is 3. The Kier molecular flexibility index (Phi) is 4.77. The third-order valence-corrected chi connectivity index (χ3v) is 5.99. The lowest BCUT2D eigenvalue weighted by atomic mass is 9.67. The van der Waals surface area contributed by atoms with Crippen molar-refractivity contribution in [3.8, 4) is 0 Å². The van der Waals surface area contributed by atoms with Crippen LogP contribution in [0.1, 0.15) is 60.8 Å². The second-order valence-corrected chi connectivity index (χ2v) is 8.79. The molecule has 0 aromatic carbocycles. The standard InChI is InChI=1S/C19H32O3/c1-12(2)10-19(6,18(3,4)5)17(21)22-16-9-13-7-14(16)8-15(13)11-20/h10,13-16,20H,7-9,11H2,1-6H3. The first-order valence-electron chi connectivity index (χ1n) is 8.56. The summed E-state index contributed by atoms with van der Waals surface area (Å²) in [5.74, 6) is 1.31. The van der Waals surface area contributed by atoms with Gasteiger partial charge in [-0.1, -0.05) is 32.4 Å². The molecule has 2 aliphatic carbocycles. The molecule has 2 bridgehead atoms. The molecule has 22 heavy (non-hydrogen) atoms. The monoisotopic (exact) mass is 308 g/mol. The molecule has 3 nitrogen and oxygen atoms in total. The first-order chi connectivity index (χ1) is 10.1. The van der Waals surface area contributed by atoms with Crippen molar-refractivity contribution in [2.75, 3.05) is 6.61 Å². The SMILES string of the molecule is CC(C)=CC(C)(C(=O)OC1CC2CC1CC2CO)C(C)(C)C. The van der Waals surface area contributed by atoms with Gasteiger partial charge in [-0.15, -0.1) is 0 Å². The highest BCUT2D eigenvalue weighted by atomic mass is 16.5. The molecule has 5 unspecified atom stereocenters. The van der Waals surface area contributed by atoms with Crippen LogP contribution in [0.5, 0.6) is 0 Å². The fourth-order valence-electron chi connectivity index (χ4n) is 4.13. The minimum atomic E-state index is -0.607. The molecule has 0 aromatic heterocycles. The second-order valence-electron chi connectivity index (χ2n) is 8.79. The Morgan fingerprint density at radius 1 is 1.14 bits per heavy atom. The Labute approximate surface area is 135 Å². The highest BCUT2D eigenvalue weighted by Gasteiger charge is 2.50. The molecule has 0 radical (unpaired) electrons. The normalized spacial score (nSPS) is 33.4. The van der Waals surface area contributed by atoms with Crippen molar-refractivity contribution in [1.29, 1.82) is 0 Å². The minimum absolute atomic E-state index is 0.0486. The highest BCUT2D eigenvalue weighted by Crippen LogP contribution is 2.50. The van der Waals surface area contributed by atoms with Crippen molar-refractivity contribution < 1.29 is 14.6 Å². The zero-order valence-corrected chi connectivity index (χ0v) is 15.0. The van der Waals surface area contributed by atoms with Crippen LogP contribution in [0.15, 0.2) is 11.6 Å². The van der Waals surface area contributed by atoms with Crippen LogP contribution in [0.2, 0.25) is 0 Å². The third kappa shape index (κ3) is 3.10. The number of rotatable bonds is 4. The molecule has 1 N–H and O–H groups in total. The van der Waals surface area contributed by atoms with E-state index in [1.807, 2.05) is 20.8 Å². The molecule has 0 aromatic rings. The second kappa shape index (κ2) is 5.99. The molecule has 0 saturated heterocycles. The Morgan fingerprint density at radius 2 is 1.77 bits per heavy atom. The number of carbonyl (C=O) groups is 1. The lowest BCUT2D eigenvalue weighted by Gasteiger charge is -2.39. The predicted octanol–water partition coefficient (Wildman–Crippen LogP) is 3.96. The van der Waals surface area contributed by atoms with E-state index in [0.29, 0.717) is 17.8 Å². The van der Waals surface area contributed by atoms with Gasteiger partial charge in [0.15, 0.2) is 0 Å². The van der Waals surface area contributed by atoms with Gasteiger partial charge in [0.1, 0.15) is 6.10 Å². The number of carbonyl (C=O) groups excluding carboxylic acids is 1. The number of hydrogen-bond donors (Lipinski definition) is 1. The molecule has 0 amide bonds. The molecule has 0 heterocycles. The maximum Gasteiger partial charge on any atom is 0.316 e. The molecule has 2 fully saturated rings. The van der Waals surface area contributed by atoms with Gasteiger partial charge in [0.2, 0.25) is 0 Å². The molecule has 2 saturated carbocycles. The maximum atomic E-state index is 12.9. The lowest BCUT2D eigenvalue weighted by Crippen LogP contribution is -2.43. The lowest BCUT2D eigenvalue weighted by molar-refractivity contribution is -0.166. The van der Waals surface area contributed by atoms with Gasteiger partial charge in [0.05, 0.1) is 5.41 Å². The first-order valence-corrected chi connectivity index (χ1v) is 8.56. The number of ether oxygens (including phenoxy) is 1. The quantitative estimate of drug-likeness (QED) is 0.632. The number of aliphatic hydroxyl groups excluding tert-OH is 1. The summed E-state index contributed by atoms with van der Waals surface area (Å²) in [5, 5.41) is 9.38. The molecule has 3 heteroatoms. The average Bonchev–Trinajstić information content (AvgIpc) is 2.95. The summed E-state index contributed by atoms with van der Waals surface area (Å²) in [6, 6.07) is 0. The summed E-state index contributed by atoms with van der Waals surface area (Å²) in [6.45, 7) is 12.6. The van der Waals surface area contributed by atoms with E-state index < -0.39 is 5.41 Å². The Balaban J connectivity index is 2.10. The highest BCUT2D eigenvalue weighted by molar-refractivity contribution is 5.80. The topological polar surface area (TPSA) is 46.5 Å². The Morgan fingerprint density at radius 3 is 2.18 bits per heavy atom. The minimum Gasteiger partial charge on any atom is -0.461 e. The van der Waals surface area contributed by atoms with E-state index in [9.17, 15) is 9.90 Å². The molecule has 2 rings (SSSR count). The van der Waals surface area contributed by atoms with Gasteiger partial charge in [0.25, 0.3) is 0 Å². The summed E-state index contributed by atoms with van der Waals surface area (Å²) < 4.78 is 5.97. The average molecular weight is 308 g/mol. The van der Waals surface area contributed by atoms with E-state index in [2.05, 4.69) is 26.8 Å². The molecule has 0 spiro atoms. The molecular formula is C19H32O3. The van der Waals surface area contributed by atoms with Gasteiger partial charge in [0, 0.05) is 6.61 Å². The zero-order chi connectivity index (χ0) is 16.7. The summed E-state index contributed by atoms with van der Waals surface area (Å²) in [7, 11) is 0. The third-order valence-electron chi connectivity index (χ3n) is 5.99. The summed E-state index contributed by atoms with van der Waals surface area (Å²) in [6.07, 6.45) is 5.15. The fraction of sp³-hybridized carbons (Fsp3) is 0.842. The van der Waals surface area contributed by atoms with Gasteiger partial charge in [-0.05, 0) is 63.2 Å². The summed E-state index contributed by atoms with van der Waals surface area (Å²) in [4.78, 5) is 12.9. The van der Waals surface area contributed by atoms with Crippen molar-refractivity contribution in [2.24, 2.45) is 28.6 Å². The van der Waals surface area contributed by atoms with E-state index in [0.717, 1.165) is 24.8 Å². The van der Waals surface area contributed by atoms with Crippen LogP contribution in [0.3, 0.4) is 0 Å². The van der Waals surface area contributed by atoms with Gasteiger partial charge in [-0.3, -0.25) is 4.79 Å². The van der Waals surface area contributed by atoms with Crippen LogP contribution in [0.4, 0.5) is 0 Å². The number of fused-ring (bicyclic) bond motifs is 2. The molecule has 0 aliphatic heterocycles. The van der Waals surface area contributed by atoms with Crippen molar-refractivity contribution in [3.05, 3.63) is 11.6 Å². The van der Waals surface area contributed by atoms with Crippen LogP contribution in [-0.4, -0.2) is 23.8 Å². The van der Waals surface area contributed by atoms with E-state index >= 15 is 0 Å². The maximum absolute atomic E-state index is 12.9. The van der Waals surface area contributed by atoms with Gasteiger partial charge in [-0.2, -0.15) is 0 Å². The largest absolute Gasteiger partial charge is 0.461 e. The zero-order valence-electron chi connectivity index (χ0n) is 15.0. The molecule has 126 valence electrons. The first kappa shape index (κ1) is 17.5. The smallest absolute Gasteiger partial charge is 0.316 e. The van der Waals surface area contributed by atoms with E-state index in [4.69, 9.17) is 4.74 Å². The van der Waals surface area contributed by atoms with Crippen LogP contribution >= 0.6 is 0 Å². The molecule has 5 atom stereocenters. The fourth-order valence-corrected chi connectivity index (χ4v) is 4.13. The Bertz CT molecular complexity index is 456. The van der Waals surface area contributed by atoms with E-state index in [1.165, 1.54) is 0 Å². The van der Waals surface area contributed by atoms with Crippen molar-refractivity contribution in [3.63, 3.8) is 0 Å². The predicted molar refractivity (Wildman–Crippen MR) is 88.3 cm³/mol. The van der Waals surface area contributed by atoms with Crippen LogP contribution in [-0.2, 0) is 9.53 Å². The van der Waals surface area contributed by atoms with Crippen LogP contribution in [0, 0.1) is 28.6 Å². The summed E-state index contributed by atoms with van der Waals surface area (Å²) >= 11 is 0. The van der Waals surface area contributed by atoms with Crippen molar-refractivity contribution in [1.82, 2.24) is 0 Å². The number of esters is 1. The molecule has 2 aliphatic rings. The van der Waals surface area contributed by atoms with Gasteiger partial charge < -0.3 is 9.84 Å². The van der Waals surface area contributed by atoms with Crippen LogP contribution < -0.4 is 0 Å². The Hall–Kier alpha value is -0.830. The van der Waals surface area contributed by atoms with E-state index in [1.54, 1.807) is 0 Å². The van der Waals surface area contributed by atoms with Gasteiger partial charge >= 0.3 is 5.97 Å².